The zero-order chi connectivity index (χ0) is 24.1. The fourth-order valence-electron chi connectivity index (χ4n) is 4.65. The third-order valence-electron chi connectivity index (χ3n) is 6.57. The molecule has 2 atom stereocenters. The molecule has 0 saturated heterocycles. The third-order valence-corrected chi connectivity index (χ3v) is 8.58. The van der Waals surface area contributed by atoms with Gasteiger partial charge in [-0.05, 0) is 42.5 Å². The Labute approximate surface area is 197 Å². The highest BCUT2D eigenvalue weighted by Gasteiger charge is 2.42. The second-order valence-electron chi connectivity index (χ2n) is 8.77. The van der Waals surface area contributed by atoms with Gasteiger partial charge in [0.25, 0.3) is 0 Å². The van der Waals surface area contributed by atoms with Crippen LogP contribution >= 0.6 is 10.6 Å². The minimum atomic E-state index is -3.13. The molecule has 0 spiro atoms. The molecule has 2 aromatic carbocycles. The summed E-state index contributed by atoms with van der Waals surface area (Å²) in [7, 11) is -1.57. The molecule has 0 radical (unpaired) electrons. The Balaban J connectivity index is 2.18. The molecule has 2 unspecified atom stereocenters. The lowest BCUT2D eigenvalue weighted by Gasteiger charge is -2.42. The SMILES string of the molecule is CCCCC1(CC)CS(O)(O)c2cc(CCC(=O)NO)c(OC)cc2C(c2ccccc2)N1. The van der Waals surface area contributed by atoms with E-state index in [2.05, 4.69) is 19.2 Å². The van der Waals surface area contributed by atoms with Crippen LogP contribution < -0.4 is 15.5 Å². The molecule has 5 N–H and O–H groups in total. The van der Waals surface area contributed by atoms with Crippen LogP contribution in [-0.2, 0) is 11.2 Å². The summed E-state index contributed by atoms with van der Waals surface area (Å²) in [4.78, 5) is 12.1. The molecule has 7 nitrogen and oxygen atoms in total. The average Bonchev–Trinajstić information content (AvgIpc) is 2.93. The van der Waals surface area contributed by atoms with E-state index >= 15 is 0 Å². The summed E-state index contributed by atoms with van der Waals surface area (Å²) in [6.07, 6.45) is 3.97. The number of unbranched alkanes of at least 4 members (excludes halogenated alkanes) is 1. The van der Waals surface area contributed by atoms with Crippen LogP contribution in [0.4, 0.5) is 0 Å². The second-order valence-corrected chi connectivity index (χ2v) is 10.8. The Morgan fingerprint density at radius 3 is 2.58 bits per heavy atom. The summed E-state index contributed by atoms with van der Waals surface area (Å²) in [6.45, 7) is 4.23. The first-order valence-corrected chi connectivity index (χ1v) is 13.2. The summed E-state index contributed by atoms with van der Waals surface area (Å²) in [5.41, 5.74) is 3.73. The van der Waals surface area contributed by atoms with E-state index in [0.29, 0.717) is 22.6 Å². The number of fused-ring (bicyclic) bond motifs is 1. The Morgan fingerprint density at radius 2 is 1.97 bits per heavy atom. The zero-order valence-corrected chi connectivity index (χ0v) is 20.5. The molecule has 1 amide bonds. The summed E-state index contributed by atoms with van der Waals surface area (Å²) in [5.74, 6) is 0.303. The highest BCUT2D eigenvalue weighted by atomic mass is 32.3. The van der Waals surface area contributed by atoms with Crippen molar-refractivity contribution in [2.24, 2.45) is 0 Å². The molecule has 0 aliphatic carbocycles. The van der Waals surface area contributed by atoms with Gasteiger partial charge in [0.05, 0.1) is 23.8 Å². The maximum atomic E-state index is 11.6. The van der Waals surface area contributed by atoms with Crippen LogP contribution in [0.1, 0.15) is 68.7 Å². The number of carbonyl (C=O) groups is 1. The standard InChI is InChI=1S/C25H36N2O5S/c1-4-6-14-25(5-2)17-33(30,31)22-15-19(12-13-23(28)27-29)21(32-3)16-20(22)24(26-25)18-10-8-7-9-11-18/h7-11,15-16,24,26,29-31H,4-6,12-14,17H2,1-3H3,(H,27,28). The summed E-state index contributed by atoms with van der Waals surface area (Å²) in [6, 6.07) is 13.4. The molecule has 8 heteroatoms. The van der Waals surface area contributed by atoms with Crippen molar-refractivity contribution in [3.63, 3.8) is 0 Å². The summed E-state index contributed by atoms with van der Waals surface area (Å²) >= 11 is 0. The lowest BCUT2D eigenvalue weighted by Crippen LogP contribution is -2.49. The van der Waals surface area contributed by atoms with E-state index in [9.17, 15) is 13.9 Å². The fraction of sp³-hybridized carbons (Fsp3) is 0.480. The molecule has 33 heavy (non-hydrogen) atoms. The van der Waals surface area contributed by atoms with Gasteiger partial charge >= 0.3 is 0 Å². The zero-order valence-electron chi connectivity index (χ0n) is 19.6. The van der Waals surface area contributed by atoms with E-state index in [1.54, 1.807) is 18.7 Å². The minimum Gasteiger partial charge on any atom is -0.496 e. The Bertz CT molecular complexity index is 953. The number of carbonyl (C=O) groups excluding carboxylic acids is 1. The van der Waals surface area contributed by atoms with E-state index < -0.39 is 22.0 Å². The first-order chi connectivity index (χ1) is 15.8. The van der Waals surface area contributed by atoms with Crippen molar-refractivity contribution in [2.45, 2.75) is 68.8 Å². The monoisotopic (exact) mass is 476 g/mol. The van der Waals surface area contributed by atoms with Crippen LogP contribution in [0.25, 0.3) is 0 Å². The summed E-state index contributed by atoms with van der Waals surface area (Å²) in [5, 5.41) is 12.7. The van der Waals surface area contributed by atoms with Gasteiger partial charge in [0.15, 0.2) is 0 Å². The second kappa shape index (κ2) is 10.9. The van der Waals surface area contributed by atoms with E-state index in [4.69, 9.17) is 9.94 Å². The van der Waals surface area contributed by atoms with Gasteiger partial charge in [-0.25, -0.2) is 5.48 Å². The maximum Gasteiger partial charge on any atom is 0.243 e. The molecule has 182 valence electrons. The number of nitrogens with one attached hydrogen (secondary N) is 2. The molecular formula is C25H36N2O5S. The van der Waals surface area contributed by atoms with Crippen LogP contribution in [0.5, 0.6) is 5.75 Å². The molecule has 0 fully saturated rings. The first kappa shape index (κ1) is 25.5. The lowest BCUT2D eigenvalue weighted by atomic mass is 9.87. The van der Waals surface area contributed by atoms with Gasteiger partial charge in [0.1, 0.15) is 5.75 Å². The van der Waals surface area contributed by atoms with Crippen LogP contribution in [0.15, 0.2) is 47.4 Å². The molecule has 0 bridgehead atoms. The quantitative estimate of drug-likeness (QED) is 0.249. The van der Waals surface area contributed by atoms with Crippen molar-refractivity contribution in [3.05, 3.63) is 59.2 Å². The van der Waals surface area contributed by atoms with Crippen molar-refractivity contribution in [2.75, 3.05) is 12.9 Å². The number of hydrogen-bond donors (Lipinski definition) is 5. The van der Waals surface area contributed by atoms with Crippen LogP contribution in [0.3, 0.4) is 0 Å². The van der Waals surface area contributed by atoms with E-state index in [1.165, 1.54) is 0 Å². The van der Waals surface area contributed by atoms with Gasteiger partial charge in [-0.3, -0.25) is 24.4 Å². The third kappa shape index (κ3) is 5.70. The van der Waals surface area contributed by atoms with Crippen LogP contribution in [0, 0.1) is 0 Å². The van der Waals surface area contributed by atoms with Crippen molar-refractivity contribution < 1.29 is 23.8 Å². The van der Waals surface area contributed by atoms with Gasteiger partial charge < -0.3 is 4.74 Å². The number of benzene rings is 2. The van der Waals surface area contributed by atoms with E-state index in [0.717, 1.165) is 36.8 Å². The Morgan fingerprint density at radius 1 is 1.24 bits per heavy atom. The van der Waals surface area contributed by atoms with Gasteiger partial charge in [-0.15, -0.1) is 0 Å². The largest absolute Gasteiger partial charge is 0.496 e. The van der Waals surface area contributed by atoms with Gasteiger partial charge in [0, 0.05) is 17.5 Å². The van der Waals surface area contributed by atoms with Gasteiger partial charge in [-0.1, -0.05) is 57.0 Å². The number of rotatable bonds is 9. The van der Waals surface area contributed by atoms with Crippen molar-refractivity contribution in [1.82, 2.24) is 10.8 Å². The Kier molecular flexibility index (Phi) is 8.42. The van der Waals surface area contributed by atoms with Gasteiger partial charge in [0.2, 0.25) is 5.91 Å². The Hall–Kier alpha value is -2.10. The number of amides is 1. The number of aryl methyl sites for hydroxylation is 1. The van der Waals surface area contributed by atoms with Crippen molar-refractivity contribution >= 4 is 16.5 Å². The van der Waals surface area contributed by atoms with E-state index in [-0.39, 0.29) is 18.2 Å². The molecule has 2 aromatic rings. The molecular weight excluding hydrogens is 440 g/mol. The average molecular weight is 477 g/mol. The van der Waals surface area contributed by atoms with Crippen LogP contribution in [0.2, 0.25) is 0 Å². The molecule has 0 saturated carbocycles. The van der Waals surface area contributed by atoms with Crippen LogP contribution in [-0.4, -0.2) is 38.6 Å². The number of hydroxylamine groups is 1. The molecule has 3 rings (SSSR count). The van der Waals surface area contributed by atoms with E-state index in [1.807, 2.05) is 36.4 Å². The van der Waals surface area contributed by atoms with Gasteiger partial charge in [-0.2, -0.15) is 10.6 Å². The topological polar surface area (TPSA) is 111 Å². The predicted molar refractivity (Wildman–Crippen MR) is 131 cm³/mol. The highest BCUT2D eigenvalue weighted by molar-refractivity contribution is 8.24. The lowest BCUT2D eigenvalue weighted by molar-refractivity contribution is -0.129. The normalized spacial score (nSPS) is 22.7. The van der Waals surface area contributed by atoms with Crippen molar-refractivity contribution in [1.29, 1.82) is 0 Å². The minimum absolute atomic E-state index is 0.0561. The summed E-state index contributed by atoms with van der Waals surface area (Å²) < 4.78 is 28.6. The maximum absolute atomic E-state index is 11.6. The van der Waals surface area contributed by atoms with Crippen molar-refractivity contribution in [3.8, 4) is 5.75 Å². The molecule has 1 heterocycles. The highest BCUT2D eigenvalue weighted by Crippen LogP contribution is 2.58. The number of ether oxygens (including phenoxy) is 1. The number of methoxy groups -OCH3 is 1. The first-order valence-electron chi connectivity index (χ1n) is 11.5. The number of hydrogen-bond acceptors (Lipinski definition) is 6. The smallest absolute Gasteiger partial charge is 0.243 e. The molecule has 1 aliphatic rings. The fourth-order valence-corrected chi connectivity index (χ4v) is 6.90. The predicted octanol–water partition coefficient (Wildman–Crippen LogP) is 5.27. The molecule has 1 aliphatic heterocycles. The molecule has 0 aromatic heterocycles.